The number of para-hydroxylation sites is 1. The minimum atomic E-state index is -3.37. The fraction of sp³-hybridized carbons (Fsp3) is 0.308. The number of nitrogens with one attached hydrogen (secondary N) is 1. The molecule has 0 amide bonds. The summed E-state index contributed by atoms with van der Waals surface area (Å²) < 4.78 is 26.9. The van der Waals surface area contributed by atoms with Crippen LogP contribution in [0.2, 0.25) is 0 Å². The third kappa shape index (κ3) is 2.14. The lowest BCUT2D eigenvalue weighted by Gasteiger charge is -2.34. The molecule has 0 saturated heterocycles. The SMILES string of the molecule is CS(=O)(=O)N1C[C@H](n2cc[nH]c2=O)Cc2ccccc21. The first-order valence-corrected chi connectivity index (χ1v) is 8.13. The van der Waals surface area contributed by atoms with E-state index in [4.69, 9.17) is 0 Å². The molecule has 20 heavy (non-hydrogen) atoms. The van der Waals surface area contributed by atoms with Gasteiger partial charge >= 0.3 is 5.69 Å². The minimum absolute atomic E-state index is 0.196. The molecule has 1 aliphatic rings. The molecule has 1 aliphatic heterocycles. The molecule has 1 N–H and O–H groups in total. The lowest BCUT2D eigenvalue weighted by Crippen LogP contribution is -2.42. The summed E-state index contributed by atoms with van der Waals surface area (Å²) in [6.45, 7) is 0.271. The molecule has 0 spiro atoms. The highest BCUT2D eigenvalue weighted by atomic mass is 32.2. The maximum Gasteiger partial charge on any atom is 0.325 e. The number of anilines is 1. The van der Waals surface area contributed by atoms with Crippen LogP contribution in [0.3, 0.4) is 0 Å². The van der Waals surface area contributed by atoms with Gasteiger partial charge < -0.3 is 4.98 Å². The lowest BCUT2D eigenvalue weighted by molar-refractivity contribution is 0.477. The first kappa shape index (κ1) is 13.0. The zero-order valence-electron chi connectivity index (χ0n) is 11.0. The van der Waals surface area contributed by atoms with Gasteiger partial charge in [0.05, 0.1) is 24.5 Å². The van der Waals surface area contributed by atoms with E-state index in [1.54, 1.807) is 23.0 Å². The number of rotatable bonds is 2. The Morgan fingerprint density at radius 3 is 2.70 bits per heavy atom. The predicted octanol–water partition coefficient (Wildman–Crippen LogP) is 0.740. The average Bonchev–Trinajstić information content (AvgIpc) is 2.82. The molecule has 1 aromatic carbocycles. The molecule has 1 atom stereocenters. The molecule has 0 unspecified atom stereocenters. The summed E-state index contributed by atoms with van der Waals surface area (Å²) in [6.07, 6.45) is 5.04. The van der Waals surface area contributed by atoms with E-state index in [1.165, 1.54) is 10.6 Å². The van der Waals surface area contributed by atoms with E-state index < -0.39 is 10.0 Å². The molecule has 106 valence electrons. The van der Waals surface area contributed by atoms with Crippen molar-refractivity contribution in [1.29, 1.82) is 0 Å². The predicted molar refractivity (Wildman–Crippen MR) is 76.4 cm³/mol. The van der Waals surface area contributed by atoms with Crippen molar-refractivity contribution in [2.75, 3.05) is 17.1 Å². The second-order valence-electron chi connectivity index (χ2n) is 4.95. The molecule has 0 aliphatic carbocycles. The van der Waals surface area contributed by atoms with Gasteiger partial charge in [-0.25, -0.2) is 13.2 Å². The van der Waals surface area contributed by atoms with Crippen LogP contribution in [0.15, 0.2) is 41.5 Å². The van der Waals surface area contributed by atoms with Crippen molar-refractivity contribution in [3.05, 3.63) is 52.7 Å². The molecular weight excluding hydrogens is 278 g/mol. The molecule has 0 fully saturated rings. The summed E-state index contributed by atoms with van der Waals surface area (Å²) in [7, 11) is -3.37. The van der Waals surface area contributed by atoms with E-state index in [9.17, 15) is 13.2 Å². The van der Waals surface area contributed by atoms with Gasteiger partial charge in [0, 0.05) is 12.4 Å². The highest BCUT2D eigenvalue weighted by Gasteiger charge is 2.30. The van der Waals surface area contributed by atoms with E-state index in [-0.39, 0.29) is 18.3 Å². The van der Waals surface area contributed by atoms with Crippen LogP contribution in [0.4, 0.5) is 5.69 Å². The highest BCUT2D eigenvalue weighted by Crippen LogP contribution is 2.32. The minimum Gasteiger partial charge on any atom is -0.313 e. The van der Waals surface area contributed by atoms with Crippen molar-refractivity contribution in [3.63, 3.8) is 0 Å². The Bertz CT molecular complexity index is 791. The number of hydrogen-bond donors (Lipinski definition) is 1. The van der Waals surface area contributed by atoms with Crippen molar-refractivity contribution >= 4 is 15.7 Å². The summed E-state index contributed by atoms with van der Waals surface area (Å²) in [5.74, 6) is 0. The normalized spacial score (nSPS) is 18.9. The Morgan fingerprint density at radius 1 is 1.30 bits per heavy atom. The van der Waals surface area contributed by atoms with Crippen LogP contribution in [-0.4, -0.2) is 30.8 Å². The number of aromatic nitrogens is 2. The topological polar surface area (TPSA) is 75.2 Å². The van der Waals surface area contributed by atoms with Crippen LogP contribution in [0, 0.1) is 0 Å². The summed E-state index contributed by atoms with van der Waals surface area (Å²) in [4.78, 5) is 14.3. The van der Waals surface area contributed by atoms with Gasteiger partial charge in [-0.3, -0.25) is 8.87 Å². The van der Waals surface area contributed by atoms with Crippen molar-refractivity contribution in [2.45, 2.75) is 12.5 Å². The first-order chi connectivity index (χ1) is 9.47. The Balaban J connectivity index is 2.10. The number of hydrogen-bond acceptors (Lipinski definition) is 3. The van der Waals surface area contributed by atoms with Gasteiger partial charge in [0.1, 0.15) is 0 Å². The second kappa shape index (κ2) is 4.52. The van der Waals surface area contributed by atoms with Crippen LogP contribution < -0.4 is 9.99 Å². The molecule has 7 heteroatoms. The first-order valence-electron chi connectivity index (χ1n) is 6.28. The quantitative estimate of drug-likeness (QED) is 0.887. The Hall–Kier alpha value is -2.02. The van der Waals surface area contributed by atoms with Gasteiger partial charge in [-0.15, -0.1) is 0 Å². The Kier molecular flexibility index (Phi) is 2.93. The Morgan fingerprint density at radius 2 is 2.05 bits per heavy atom. The molecule has 1 aromatic heterocycles. The zero-order valence-corrected chi connectivity index (χ0v) is 11.8. The third-order valence-electron chi connectivity index (χ3n) is 3.56. The number of nitrogens with zero attached hydrogens (tertiary/aromatic N) is 2. The maximum absolute atomic E-state index is 12.0. The van der Waals surface area contributed by atoms with Crippen LogP contribution >= 0.6 is 0 Å². The fourth-order valence-electron chi connectivity index (χ4n) is 2.65. The smallest absolute Gasteiger partial charge is 0.313 e. The summed E-state index contributed by atoms with van der Waals surface area (Å²) in [5, 5.41) is 0. The molecule has 0 saturated carbocycles. The van der Waals surface area contributed by atoms with Gasteiger partial charge in [-0.05, 0) is 18.1 Å². The molecule has 2 aromatic rings. The summed E-state index contributed by atoms with van der Waals surface area (Å²) in [5.41, 5.74) is 1.42. The van der Waals surface area contributed by atoms with Crippen LogP contribution in [0.5, 0.6) is 0 Å². The van der Waals surface area contributed by atoms with E-state index in [2.05, 4.69) is 4.98 Å². The van der Waals surface area contributed by atoms with Gasteiger partial charge in [-0.1, -0.05) is 18.2 Å². The van der Waals surface area contributed by atoms with E-state index in [0.29, 0.717) is 12.1 Å². The van der Waals surface area contributed by atoms with Gasteiger partial charge in [0.2, 0.25) is 10.0 Å². The van der Waals surface area contributed by atoms with Crippen molar-refractivity contribution in [3.8, 4) is 0 Å². The number of fused-ring (bicyclic) bond motifs is 1. The number of aromatic amines is 1. The fourth-order valence-corrected chi connectivity index (χ4v) is 3.63. The summed E-state index contributed by atoms with van der Waals surface area (Å²) >= 11 is 0. The number of H-pyrrole nitrogens is 1. The molecule has 6 nitrogen and oxygen atoms in total. The standard InChI is InChI=1S/C13H15N3O3S/c1-20(18,19)16-9-11(15-7-6-14-13(15)17)8-10-4-2-3-5-12(10)16/h2-7,11H,8-9H2,1H3,(H,14,17)/t11-/m1/s1. The van der Waals surface area contributed by atoms with Crippen LogP contribution in [0.1, 0.15) is 11.6 Å². The van der Waals surface area contributed by atoms with E-state index in [0.717, 1.165) is 5.56 Å². The van der Waals surface area contributed by atoms with Crippen molar-refractivity contribution in [2.24, 2.45) is 0 Å². The van der Waals surface area contributed by atoms with Gasteiger partial charge in [0.15, 0.2) is 0 Å². The van der Waals surface area contributed by atoms with Crippen molar-refractivity contribution in [1.82, 2.24) is 9.55 Å². The van der Waals surface area contributed by atoms with Crippen LogP contribution in [-0.2, 0) is 16.4 Å². The second-order valence-corrected chi connectivity index (χ2v) is 6.86. The molecule has 2 heterocycles. The van der Waals surface area contributed by atoms with Gasteiger partial charge in [-0.2, -0.15) is 0 Å². The van der Waals surface area contributed by atoms with Gasteiger partial charge in [0.25, 0.3) is 0 Å². The average molecular weight is 293 g/mol. The number of benzene rings is 1. The third-order valence-corrected chi connectivity index (χ3v) is 4.71. The summed E-state index contributed by atoms with van der Waals surface area (Å²) in [6, 6.07) is 7.20. The molecular formula is C13H15N3O3S. The highest BCUT2D eigenvalue weighted by molar-refractivity contribution is 7.92. The molecule has 3 rings (SSSR count). The van der Waals surface area contributed by atoms with Crippen molar-refractivity contribution < 1.29 is 8.42 Å². The maximum atomic E-state index is 12.0. The lowest BCUT2D eigenvalue weighted by atomic mass is 9.99. The van der Waals surface area contributed by atoms with E-state index >= 15 is 0 Å². The number of imidazole rings is 1. The Labute approximate surface area is 116 Å². The van der Waals surface area contributed by atoms with E-state index in [1.807, 2.05) is 18.2 Å². The molecule has 0 bridgehead atoms. The van der Waals surface area contributed by atoms with Crippen LogP contribution in [0.25, 0.3) is 0 Å². The largest absolute Gasteiger partial charge is 0.325 e. The zero-order chi connectivity index (χ0) is 14.3. The monoisotopic (exact) mass is 293 g/mol. The number of sulfonamides is 1. The molecule has 0 radical (unpaired) electrons.